The zero-order chi connectivity index (χ0) is 9.10. The van der Waals surface area contributed by atoms with E-state index in [2.05, 4.69) is 0 Å². The summed E-state index contributed by atoms with van der Waals surface area (Å²) in [6, 6.07) is 9.82. The minimum absolute atomic E-state index is 0.419. The molecule has 1 fully saturated rings. The Labute approximate surface area is 81.6 Å². The lowest BCUT2D eigenvalue weighted by molar-refractivity contribution is 0.669. The molecule has 2 rings (SSSR count). The van der Waals surface area contributed by atoms with E-state index in [-0.39, 0.29) is 0 Å². The topological polar surface area (TPSA) is 17.1 Å². The molecule has 0 heterocycles. The van der Waals surface area contributed by atoms with Gasteiger partial charge >= 0.3 is 0 Å². The van der Waals surface area contributed by atoms with Crippen LogP contribution in [0.25, 0.3) is 0 Å². The molecule has 0 N–H and O–H groups in total. The Kier molecular flexibility index (Phi) is 2.79. The third-order valence-corrected chi connectivity index (χ3v) is 4.39. The Balaban J connectivity index is 2.13. The summed E-state index contributed by atoms with van der Waals surface area (Å²) in [7, 11) is -0.759. The molecule has 1 saturated carbocycles. The van der Waals surface area contributed by atoms with Crippen LogP contribution in [-0.2, 0) is 10.8 Å². The Morgan fingerprint density at radius 2 is 1.69 bits per heavy atom. The summed E-state index contributed by atoms with van der Waals surface area (Å²) in [6.07, 6.45) is 4.79. The van der Waals surface area contributed by atoms with E-state index in [0.717, 1.165) is 17.7 Å². The summed E-state index contributed by atoms with van der Waals surface area (Å²) >= 11 is 0. The highest BCUT2D eigenvalue weighted by Gasteiger charge is 2.21. The molecule has 0 aromatic heterocycles. The normalized spacial score (nSPS) is 20.3. The van der Waals surface area contributed by atoms with Crippen LogP contribution < -0.4 is 0 Å². The van der Waals surface area contributed by atoms with Gasteiger partial charge in [0.1, 0.15) is 0 Å². The zero-order valence-electron chi connectivity index (χ0n) is 7.61. The fraction of sp³-hybridized carbons (Fsp3) is 0.455. The van der Waals surface area contributed by atoms with Gasteiger partial charge in [-0.1, -0.05) is 31.0 Å². The average Bonchev–Trinajstić information content (AvgIpc) is 2.71. The van der Waals surface area contributed by atoms with Gasteiger partial charge in [0.2, 0.25) is 0 Å². The first kappa shape index (κ1) is 8.95. The Bertz CT molecular complexity index is 288. The predicted octanol–water partition coefficient (Wildman–Crippen LogP) is 2.74. The Morgan fingerprint density at radius 1 is 1.08 bits per heavy atom. The summed E-state index contributed by atoms with van der Waals surface area (Å²) in [5.41, 5.74) is 0. The third-order valence-electron chi connectivity index (χ3n) is 2.58. The van der Waals surface area contributed by atoms with E-state index < -0.39 is 10.8 Å². The van der Waals surface area contributed by atoms with Crippen LogP contribution in [0.15, 0.2) is 35.2 Å². The van der Waals surface area contributed by atoms with Crippen molar-refractivity contribution < 1.29 is 4.21 Å². The minimum Gasteiger partial charge on any atom is -0.254 e. The number of rotatable bonds is 2. The molecule has 0 spiro atoms. The van der Waals surface area contributed by atoms with Gasteiger partial charge in [-0.15, -0.1) is 0 Å². The Morgan fingerprint density at radius 3 is 2.31 bits per heavy atom. The summed E-state index contributed by atoms with van der Waals surface area (Å²) < 4.78 is 12.0. The van der Waals surface area contributed by atoms with Crippen molar-refractivity contribution >= 4 is 10.8 Å². The second-order valence-electron chi connectivity index (χ2n) is 3.52. The standard InChI is InChI=1S/C11H14OS/c12-13(11-8-4-5-9-11)10-6-2-1-3-7-10/h1-3,6-7,11H,4-5,8-9H2/t13-/m0/s1. The van der Waals surface area contributed by atoms with E-state index in [0.29, 0.717) is 5.25 Å². The van der Waals surface area contributed by atoms with Crippen LogP contribution >= 0.6 is 0 Å². The molecule has 70 valence electrons. The van der Waals surface area contributed by atoms with E-state index in [9.17, 15) is 4.21 Å². The maximum atomic E-state index is 12.0. The van der Waals surface area contributed by atoms with E-state index in [1.165, 1.54) is 12.8 Å². The maximum absolute atomic E-state index is 12.0. The molecule has 0 unspecified atom stereocenters. The molecule has 2 heteroatoms. The Hall–Kier alpha value is -0.630. The van der Waals surface area contributed by atoms with Crippen LogP contribution in [0.4, 0.5) is 0 Å². The molecule has 1 aliphatic carbocycles. The highest BCUT2D eigenvalue weighted by molar-refractivity contribution is 7.85. The van der Waals surface area contributed by atoms with Crippen molar-refractivity contribution in [3.05, 3.63) is 30.3 Å². The summed E-state index contributed by atoms with van der Waals surface area (Å²) in [4.78, 5) is 0.995. The predicted molar refractivity (Wildman–Crippen MR) is 55.1 cm³/mol. The van der Waals surface area contributed by atoms with Crippen molar-refractivity contribution in [3.63, 3.8) is 0 Å². The van der Waals surface area contributed by atoms with Crippen molar-refractivity contribution in [1.82, 2.24) is 0 Å². The van der Waals surface area contributed by atoms with Gasteiger partial charge in [-0.05, 0) is 25.0 Å². The first-order valence-electron chi connectivity index (χ1n) is 4.83. The smallest absolute Gasteiger partial charge is 0.0560 e. The molecular formula is C11H14OS. The minimum atomic E-state index is -0.759. The van der Waals surface area contributed by atoms with E-state index in [4.69, 9.17) is 0 Å². The molecule has 0 saturated heterocycles. The fourth-order valence-electron chi connectivity index (χ4n) is 1.85. The monoisotopic (exact) mass is 194 g/mol. The van der Waals surface area contributed by atoms with Gasteiger partial charge in [0.05, 0.1) is 10.8 Å². The molecule has 0 radical (unpaired) electrons. The first-order chi connectivity index (χ1) is 6.38. The van der Waals surface area contributed by atoms with E-state index in [1.807, 2.05) is 30.3 Å². The summed E-state index contributed by atoms with van der Waals surface area (Å²) in [5, 5.41) is 0.419. The van der Waals surface area contributed by atoms with Gasteiger partial charge in [-0.3, -0.25) is 4.21 Å². The zero-order valence-corrected chi connectivity index (χ0v) is 8.43. The van der Waals surface area contributed by atoms with Gasteiger partial charge in [-0.25, -0.2) is 0 Å². The lowest BCUT2D eigenvalue weighted by atomic mass is 10.4. The molecule has 0 bridgehead atoms. The maximum Gasteiger partial charge on any atom is 0.0560 e. The molecule has 0 amide bonds. The van der Waals surface area contributed by atoms with Crippen LogP contribution in [0.2, 0.25) is 0 Å². The number of hydrogen-bond acceptors (Lipinski definition) is 1. The summed E-state index contributed by atoms with van der Waals surface area (Å²) in [6.45, 7) is 0. The van der Waals surface area contributed by atoms with Crippen molar-refractivity contribution in [3.8, 4) is 0 Å². The van der Waals surface area contributed by atoms with Crippen LogP contribution in [0.5, 0.6) is 0 Å². The van der Waals surface area contributed by atoms with Crippen molar-refractivity contribution in [2.75, 3.05) is 0 Å². The molecule has 1 aliphatic rings. The van der Waals surface area contributed by atoms with Crippen LogP contribution in [0.3, 0.4) is 0 Å². The number of hydrogen-bond donors (Lipinski definition) is 0. The lowest BCUT2D eigenvalue weighted by Crippen LogP contribution is -2.09. The SMILES string of the molecule is O=[S@@](c1ccccc1)C1CCCC1. The van der Waals surface area contributed by atoms with Gasteiger partial charge < -0.3 is 0 Å². The quantitative estimate of drug-likeness (QED) is 0.707. The van der Waals surface area contributed by atoms with Crippen LogP contribution in [-0.4, -0.2) is 9.46 Å². The molecular weight excluding hydrogens is 180 g/mol. The van der Waals surface area contributed by atoms with Gasteiger partial charge in [0.25, 0.3) is 0 Å². The average molecular weight is 194 g/mol. The van der Waals surface area contributed by atoms with Crippen LogP contribution in [0, 0.1) is 0 Å². The highest BCUT2D eigenvalue weighted by atomic mass is 32.2. The van der Waals surface area contributed by atoms with Gasteiger partial charge in [0, 0.05) is 10.1 Å². The largest absolute Gasteiger partial charge is 0.254 e. The second-order valence-corrected chi connectivity index (χ2v) is 5.25. The van der Waals surface area contributed by atoms with Crippen molar-refractivity contribution in [1.29, 1.82) is 0 Å². The summed E-state index contributed by atoms with van der Waals surface area (Å²) in [5.74, 6) is 0. The molecule has 1 aromatic rings. The van der Waals surface area contributed by atoms with E-state index >= 15 is 0 Å². The van der Waals surface area contributed by atoms with Crippen molar-refractivity contribution in [2.45, 2.75) is 35.8 Å². The first-order valence-corrected chi connectivity index (χ1v) is 6.05. The molecule has 13 heavy (non-hydrogen) atoms. The fourth-order valence-corrected chi connectivity index (χ4v) is 3.42. The molecule has 1 aromatic carbocycles. The van der Waals surface area contributed by atoms with E-state index in [1.54, 1.807) is 0 Å². The third kappa shape index (κ3) is 1.99. The number of benzene rings is 1. The van der Waals surface area contributed by atoms with Crippen LogP contribution in [0.1, 0.15) is 25.7 Å². The van der Waals surface area contributed by atoms with Gasteiger partial charge in [0.15, 0.2) is 0 Å². The van der Waals surface area contributed by atoms with Gasteiger partial charge in [-0.2, -0.15) is 0 Å². The lowest BCUT2D eigenvalue weighted by Gasteiger charge is -2.08. The second kappa shape index (κ2) is 4.05. The molecule has 1 atom stereocenters. The molecule has 0 aliphatic heterocycles. The highest BCUT2D eigenvalue weighted by Crippen LogP contribution is 2.26. The van der Waals surface area contributed by atoms with Crippen molar-refractivity contribution in [2.24, 2.45) is 0 Å². The molecule has 1 nitrogen and oxygen atoms in total.